The lowest BCUT2D eigenvalue weighted by molar-refractivity contribution is 0.187. The van der Waals surface area contributed by atoms with Crippen molar-refractivity contribution in [3.63, 3.8) is 0 Å². The largest absolute Gasteiger partial charge is 0.386 e. The second-order valence-corrected chi connectivity index (χ2v) is 6.53. The molecule has 0 spiro atoms. The third-order valence-corrected chi connectivity index (χ3v) is 3.47. The van der Waals surface area contributed by atoms with Crippen molar-refractivity contribution in [3.8, 4) is 0 Å². The lowest BCUT2D eigenvalue weighted by atomic mass is 9.86. The van der Waals surface area contributed by atoms with E-state index in [9.17, 15) is 5.11 Å². The van der Waals surface area contributed by atoms with Gasteiger partial charge >= 0.3 is 0 Å². The molecule has 0 amide bonds. The lowest BCUT2D eigenvalue weighted by Crippen LogP contribution is -2.37. The molecule has 0 aliphatic heterocycles. The Balaban J connectivity index is 2.68. The number of aliphatic hydroxyl groups is 1. The molecule has 0 fully saturated rings. The predicted octanol–water partition coefficient (Wildman–Crippen LogP) is 2.98. The van der Waals surface area contributed by atoms with E-state index >= 15 is 0 Å². The topological polar surface area (TPSA) is 56.7 Å². The van der Waals surface area contributed by atoms with Crippen LogP contribution in [0.1, 0.15) is 58.3 Å². The average molecular weight is 305 g/mol. The molecule has 1 rings (SSSR count). The first-order chi connectivity index (χ1) is 10.4. The molecule has 1 unspecified atom stereocenters. The van der Waals surface area contributed by atoms with Gasteiger partial charge in [-0.05, 0) is 29.9 Å². The number of hydrogen-bond acceptors (Lipinski definition) is 2. The van der Waals surface area contributed by atoms with E-state index in [1.807, 2.05) is 19.1 Å². The predicted molar refractivity (Wildman–Crippen MR) is 94.4 cm³/mol. The molecular weight excluding hydrogens is 274 g/mol. The van der Waals surface area contributed by atoms with E-state index < -0.39 is 6.10 Å². The minimum atomic E-state index is -0.578. The molecule has 0 aliphatic rings. The molecule has 4 heteroatoms. The van der Waals surface area contributed by atoms with E-state index in [4.69, 9.17) is 0 Å². The van der Waals surface area contributed by atoms with Gasteiger partial charge < -0.3 is 15.7 Å². The van der Waals surface area contributed by atoms with Gasteiger partial charge in [-0.25, -0.2) is 0 Å². The van der Waals surface area contributed by atoms with Gasteiger partial charge in [0.15, 0.2) is 5.96 Å². The van der Waals surface area contributed by atoms with Crippen LogP contribution in [0.5, 0.6) is 0 Å². The highest BCUT2D eigenvalue weighted by molar-refractivity contribution is 5.79. The maximum Gasteiger partial charge on any atom is 0.191 e. The van der Waals surface area contributed by atoms with Crippen LogP contribution in [0.2, 0.25) is 0 Å². The van der Waals surface area contributed by atoms with Gasteiger partial charge in [-0.2, -0.15) is 0 Å². The van der Waals surface area contributed by atoms with Gasteiger partial charge in [-0.1, -0.05) is 52.0 Å². The summed E-state index contributed by atoms with van der Waals surface area (Å²) >= 11 is 0. The van der Waals surface area contributed by atoms with Crippen molar-refractivity contribution in [2.45, 2.75) is 52.6 Å². The van der Waals surface area contributed by atoms with E-state index in [0.717, 1.165) is 31.0 Å². The lowest BCUT2D eigenvalue weighted by Gasteiger charge is -2.20. The molecule has 0 aromatic heterocycles. The van der Waals surface area contributed by atoms with Crippen LogP contribution in [0.15, 0.2) is 29.3 Å². The summed E-state index contributed by atoms with van der Waals surface area (Å²) in [6, 6.07) is 8.16. The fourth-order valence-corrected chi connectivity index (χ4v) is 2.07. The molecule has 3 N–H and O–H groups in total. The third-order valence-electron chi connectivity index (χ3n) is 3.47. The second kappa shape index (κ2) is 8.79. The SMILES string of the molecule is CCCNC(=NCC(O)c1ccc(C(C)(C)C)cc1)NCC. The minimum absolute atomic E-state index is 0.129. The monoisotopic (exact) mass is 305 g/mol. The maximum absolute atomic E-state index is 10.3. The van der Waals surface area contributed by atoms with E-state index in [0.29, 0.717) is 6.54 Å². The number of aliphatic hydroxyl groups excluding tert-OH is 1. The minimum Gasteiger partial charge on any atom is -0.386 e. The van der Waals surface area contributed by atoms with Gasteiger partial charge in [-0.15, -0.1) is 0 Å². The number of nitrogens with zero attached hydrogens (tertiary/aromatic N) is 1. The van der Waals surface area contributed by atoms with Crippen molar-refractivity contribution in [1.29, 1.82) is 0 Å². The summed E-state index contributed by atoms with van der Waals surface area (Å²) in [6.45, 7) is 12.7. The van der Waals surface area contributed by atoms with Crippen LogP contribution in [-0.4, -0.2) is 30.7 Å². The van der Waals surface area contributed by atoms with Crippen molar-refractivity contribution < 1.29 is 5.11 Å². The molecule has 124 valence electrons. The molecule has 1 aromatic carbocycles. The first kappa shape index (κ1) is 18.5. The molecule has 0 aliphatic carbocycles. The molecule has 0 saturated heterocycles. The quantitative estimate of drug-likeness (QED) is 0.559. The van der Waals surface area contributed by atoms with E-state index in [1.54, 1.807) is 0 Å². The van der Waals surface area contributed by atoms with Gasteiger partial charge in [0.05, 0.1) is 12.6 Å². The van der Waals surface area contributed by atoms with Crippen LogP contribution >= 0.6 is 0 Å². The molecule has 22 heavy (non-hydrogen) atoms. The summed E-state index contributed by atoms with van der Waals surface area (Å²) in [6.07, 6.45) is 0.465. The molecule has 0 bridgehead atoms. The average Bonchev–Trinajstić information content (AvgIpc) is 2.49. The molecule has 0 heterocycles. The van der Waals surface area contributed by atoms with Crippen LogP contribution in [0, 0.1) is 0 Å². The van der Waals surface area contributed by atoms with Crippen molar-refractivity contribution in [1.82, 2.24) is 10.6 Å². The van der Waals surface area contributed by atoms with Gasteiger partial charge in [0, 0.05) is 13.1 Å². The number of nitrogens with one attached hydrogen (secondary N) is 2. The van der Waals surface area contributed by atoms with Crippen LogP contribution in [0.4, 0.5) is 0 Å². The summed E-state index contributed by atoms with van der Waals surface area (Å²) in [7, 11) is 0. The Morgan fingerprint density at radius 2 is 1.77 bits per heavy atom. The Bertz CT molecular complexity index is 460. The van der Waals surface area contributed by atoms with Crippen molar-refractivity contribution in [3.05, 3.63) is 35.4 Å². The van der Waals surface area contributed by atoms with Crippen LogP contribution < -0.4 is 10.6 Å². The van der Waals surface area contributed by atoms with Gasteiger partial charge in [-0.3, -0.25) is 4.99 Å². The van der Waals surface area contributed by atoms with E-state index in [2.05, 4.69) is 55.5 Å². The number of benzene rings is 1. The Morgan fingerprint density at radius 1 is 1.14 bits per heavy atom. The zero-order valence-electron chi connectivity index (χ0n) is 14.6. The van der Waals surface area contributed by atoms with Gasteiger partial charge in [0.1, 0.15) is 0 Å². The highest BCUT2D eigenvalue weighted by Crippen LogP contribution is 2.24. The molecule has 1 atom stereocenters. The van der Waals surface area contributed by atoms with E-state index in [-0.39, 0.29) is 5.41 Å². The zero-order valence-corrected chi connectivity index (χ0v) is 14.6. The molecular formula is C18H31N3O. The second-order valence-electron chi connectivity index (χ2n) is 6.53. The van der Waals surface area contributed by atoms with Gasteiger partial charge in [0.25, 0.3) is 0 Å². The third kappa shape index (κ3) is 6.06. The summed E-state index contributed by atoms with van der Waals surface area (Å²) < 4.78 is 0. The highest BCUT2D eigenvalue weighted by Gasteiger charge is 2.14. The summed E-state index contributed by atoms with van der Waals surface area (Å²) in [5.41, 5.74) is 2.30. The number of hydrogen-bond donors (Lipinski definition) is 3. The smallest absolute Gasteiger partial charge is 0.191 e. The Kier molecular flexibility index (Phi) is 7.39. The Morgan fingerprint density at radius 3 is 2.27 bits per heavy atom. The fraction of sp³-hybridized carbons (Fsp3) is 0.611. The Labute approximate surface area is 135 Å². The molecule has 4 nitrogen and oxygen atoms in total. The standard InChI is InChI=1S/C18H31N3O/c1-6-12-20-17(19-7-2)21-13-16(22)14-8-10-15(11-9-14)18(3,4)5/h8-11,16,22H,6-7,12-13H2,1-5H3,(H2,19,20,21). The summed E-state index contributed by atoms with van der Waals surface area (Å²) in [4.78, 5) is 4.44. The molecule has 0 radical (unpaired) electrons. The Hall–Kier alpha value is -1.55. The van der Waals surface area contributed by atoms with Crippen molar-refractivity contribution in [2.24, 2.45) is 4.99 Å². The summed E-state index contributed by atoms with van der Waals surface area (Å²) in [5, 5.41) is 16.7. The van der Waals surface area contributed by atoms with Crippen molar-refractivity contribution in [2.75, 3.05) is 19.6 Å². The first-order valence-electron chi connectivity index (χ1n) is 8.19. The number of guanidine groups is 1. The number of aliphatic imine (C=N–C) groups is 1. The van der Waals surface area contributed by atoms with E-state index in [1.165, 1.54) is 5.56 Å². The summed E-state index contributed by atoms with van der Waals surface area (Å²) in [5.74, 6) is 0.759. The van der Waals surface area contributed by atoms with Crippen LogP contribution in [-0.2, 0) is 5.41 Å². The van der Waals surface area contributed by atoms with Gasteiger partial charge in [0.2, 0.25) is 0 Å². The zero-order chi connectivity index (χ0) is 16.6. The first-order valence-corrected chi connectivity index (χ1v) is 8.19. The van der Waals surface area contributed by atoms with Crippen LogP contribution in [0.25, 0.3) is 0 Å². The normalized spacial score (nSPS) is 13.8. The van der Waals surface area contributed by atoms with Crippen LogP contribution in [0.3, 0.4) is 0 Å². The molecule has 0 saturated carbocycles. The number of rotatable bonds is 6. The maximum atomic E-state index is 10.3. The highest BCUT2D eigenvalue weighted by atomic mass is 16.3. The fourth-order valence-electron chi connectivity index (χ4n) is 2.07. The molecule has 1 aromatic rings. The van der Waals surface area contributed by atoms with Crippen molar-refractivity contribution >= 4 is 5.96 Å².